The highest BCUT2D eigenvalue weighted by molar-refractivity contribution is 6.53. The molecule has 1 amide bonds. The lowest BCUT2D eigenvalue weighted by Gasteiger charge is -2.36. The van der Waals surface area contributed by atoms with Crippen LogP contribution in [0, 0.1) is 5.41 Å². The predicted molar refractivity (Wildman–Crippen MR) is 96.6 cm³/mol. The maximum atomic E-state index is 12.5. The van der Waals surface area contributed by atoms with Crippen molar-refractivity contribution < 1.29 is 4.79 Å². The van der Waals surface area contributed by atoms with E-state index in [9.17, 15) is 4.79 Å². The number of hydrogen-bond acceptors (Lipinski definition) is 3. The average molecular weight is 356 g/mol. The van der Waals surface area contributed by atoms with Crippen LogP contribution in [0.3, 0.4) is 0 Å². The van der Waals surface area contributed by atoms with E-state index in [2.05, 4.69) is 28.1 Å². The van der Waals surface area contributed by atoms with Crippen molar-refractivity contribution in [3.8, 4) is 0 Å². The normalized spacial score (nSPS) is 26.9. The predicted octanol–water partition coefficient (Wildman–Crippen LogP) is 3.35. The lowest BCUT2D eigenvalue weighted by molar-refractivity contribution is -0.120. The second kappa shape index (κ2) is 6.15. The maximum absolute atomic E-state index is 12.5. The van der Waals surface area contributed by atoms with Crippen LogP contribution in [0.5, 0.6) is 0 Å². The Morgan fingerprint density at radius 1 is 1.22 bits per heavy atom. The van der Waals surface area contributed by atoms with Gasteiger partial charge in [-0.15, -0.1) is 23.2 Å². The minimum atomic E-state index is -0.946. The molecule has 2 aliphatic rings. The van der Waals surface area contributed by atoms with Gasteiger partial charge >= 0.3 is 0 Å². The number of nitrogens with one attached hydrogen (secondary N) is 1. The molecule has 23 heavy (non-hydrogen) atoms. The van der Waals surface area contributed by atoms with Gasteiger partial charge in [-0.05, 0) is 32.0 Å². The summed E-state index contributed by atoms with van der Waals surface area (Å²) >= 11 is 12.2. The molecule has 2 fully saturated rings. The molecular weight excluding hydrogens is 333 g/mol. The van der Waals surface area contributed by atoms with Gasteiger partial charge in [-0.25, -0.2) is 0 Å². The second-order valence-electron chi connectivity index (χ2n) is 6.61. The molecule has 1 aliphatic heterocycles. The topological polar surface area (TPSA) is 35.6 Å². The molecule has 1 unspecified atom stereocenters. The van der Waals surface area contributed by atoms with Crippen LogP contribution in [0.2, 0.25) is 0 Å². The van der Waals surface area contributed by atoms with Crippen molar-refractivity contribution >= 4 is 40.5 Å². The number of likely N-dealkylation sites (N-methyl/N-ethyl adjacent to an activating group) is 1. The zero-order chi connectivity index (χ0) is 16.7. The molecule has 1 N–H and O–H groups in total. The molecule has 4 nitrogen and oxygen atoms in total. The molecule has 0 aromatic heterocycles. The van der Waals surface area contributed by atoms with Gasteiger partial charge in [0.15, 0.2) is 0 Å². The summed E-state index contributed by atoms with van der Waals surface area (Å²) in [7, 11) is 0. The summed E-state index contributed by atoms with van der Waals surface area (Å²) in [6.07, 6.45) is 0.492. The first-order valence-electron chi connectivity index (χ1n) is 8.13. The summed E-state index contributed by atoms with van der Waals surface area (Å²) < 4.78 is -0.946. The largest absolute Gasteiger partial charge is 0.367 e. The average Bonchev–Trinajstić information content (AvgIpc) is 3.08. The van der Waals surface area contributed by atoms with E-state index in [0.717, 1.165) is 44.1 Å². The maximum Gasteiger partial charge on any atom is 0.233 e. The minimum absolute atomic E-state index is 0.109. The molecule has 1 aliphatic carbocycles. The summed E-state index contributed by atoms with van der Waals surface area (Å²) in [5.41, 5.74) is 1.19. The van der Waals surface area contributed by atoms with Crippen LogP contribution in [0.25, 0.3) is 0 Å². The number of amides is 1. The van der Waals surface area contributed by atoms with Gasteiger partial charge in [0.2, 0.25) is 5.91 Å². The van der Waals surface area contributed by atoms with Gasteiger partial charge in [-0.1, -0.05) is 19.1 Å². The van der Waals surface area contributed by atoms with Gasteiger partial charge < -0.3 is 15.1 Å². The van der Waals surface area contributed by atoms with Gasteiger partial charge in [0.25, 0.3) is 0 Å². The third kappa shape index (κ3) is 3.17. The van der Waals surface area contributed by atoms with E-state index < -0.39 is 9.75 Å². The van der Waals surface area contributed by atoms with E-state index in [1.807, 2.05) is 25.1 Å². The van der Waals surface area contributed by atoms with Gasteiger partial charge in [-0.2, -0.15) is 0 Å². The molecule has 126 valence electrons. The summed E-state index contributed by atoms with van der Waals surface area (Å²) in [6.45, 7) is 9.10. The number of anilines is 2. The number of nitrogens with zero attached hydrogens (tertiary/aromatic N) is 2. The number of para-hydroxylation sites is 2. The van der Waals surface area contributed by atoms with Crippen molar-refractivity contribution in [3.05, 3.63) is 24.3 Å². The van der Waals surface area contributed by atoms with E-state index in [1.54, 1.807) is 0 Å². The van der Waals surface area contributed by atoms with Gasteiger partial charge in [0.1, 0.15) is 4.33 Å². The number of carbonyl (C=O) groups is 1. The monoisotopic (exact) mass is 355 g/mol. The molecule has 1 aromatic carbocycles. The van der Waals surface area contributed by atoms with Crippen LogP contribution in [0.15, 0.2) is 24.3 Å². The van der Waals surface area contributed by atoms with E-state index in [4.69, 9.17) is 23.2 Å². The van der Waals surface area contributed by atoms with E-state index in [0.29, 0.717) is 6.42 Å². The van der Waals surface area contributed by atoms with E-state index >= 15 is 0 Å². The number of hydrogen-bond donors (Lipinski definition) is 1. The standard InChI is InChI=1S/C17H23Cl2N3O/c1-3-21-8-10-22(11-9-21)14-7-5-4-6-13(14)20-15(23)16(2)12-17(16,18)19/h4-7H,3,8-12H2,1-2H3,(H,20,23). The first kappa shape index (κ1) is 16.9. The second-order valence-corrected chi connectivity index (χ2v) is 8.09. The Hall–Kier alpha value is -0.970. The summed E-state index contributed by atoms with van der Waals surface area (Å²) in [6, 6.07) is 7.94. The number of alkyl halides is 2. The van der Waals surface area contributed by atoms with Gasteiger partial charge in [0, 0.05) is 26.2 Å². The molecule has 0 spiro atoms. The molecule has 0 radical (unpaired) electrons. The fraction of sp³-hybridized carbons (Fsp3) is 0.588. The van der Waals surface area contributed by atoms with Crippen LogP contribution in [-0.4, -0.2) is 47.9 Å². The van der Waals surface area contributed by atoms with E-state index in [-0.39, 0.29) is 5.91 Å². The molecule has 3 rings (SSSR count). The lowest BCUT2D eigenvalue weighted by atomic mass is 10.1. The molecule has 1 heterocycles. The quantitative estimate of drug-likeness (QED) is 0.841. The summed E-state index contributed by atoms with van der Waals surface area (Å²) in [5, 5.41) is 3.03. The van der Waals surface area contributed by atoms with Gasteiger partial charge in [-0.3, -0.25) is 4.79 Å². The van der Waals surface area contributed by atoms with E-state index in [1.165, 1.54) is 0 Å². The molecular formula is C17H23Cl2N3O. The lowest BCUT2D eigenvalue weighted by Crippen LogP contribution is -2.46. The number of piperazine rings is 1. The van der Waals surface area contributed by atoms with Crippen molar-refractivity contribution in [3.63, 3.8) is 0 Å². The molecule has 1 atom stereocenters. The highest BCUT2D eigenvalue weighted by Crippen LogP contribution is 2.64. The first-order chi connectivity index (χ1) is 10.9. The van der Waals surface area contributed by atoms with Crippen LogP contribution >= 0.6 is 23.2 Å². The molecule has 1 aromatic rings. The Balaban J connectivity index is 1.73. The zero-order valence-electron chi connectivity index (χ0n) is 13.6. The fourth-order valence-electron chi connectivity index (χ4n) is 3.07. The van der Waals surface area contributed by atoms with Gasteiger partial charge in [0.05, 0.1) is 16.8 Å². The van der Waals surface area contributed by atoms with Crippen LogP contribution < -0.4 is 10.2 Å². The van der Waals surface area contributed by atoms with Crippen molar-refractivity contribution in [1.29, 1.82) is 0 Å². The third-order valence-corrected chi connectivity index (χ3v) is 6.17. The minimum Gasteiger partial charge on any atom is -0.367 e. The van der Waals surface area contributed by atoms with Crippen molar-refractivity contribution in [2.45, 2.75) is 24.6 Å². The Bertz CT molecular complexity index is 599. The number of carbonyl (C=O) groups excluding carboxylic acids is 1. The van der Waals surface area contributed by atoms with Crippen molar-refractivity contribution in [2.75, 3.05) is 42.9 Å². The highest BCUT2D eigenvalue weighted by Gasteiger charge is 2.67. The molecule has 6 heteroatoms. The van der Waals surface area contributed by atoms with Crippen LogP contribution in [0.4, 0.5) is 11.4 Å². The SMILES string of the molecule is CCN1CCN(c2ccccc2NC(=O)C2(C)CC2(Cl)Cl)CC1. The molecule has 1 saturated heterocycles. The number of rotatable bonds is 4. The zero-order valence-corrected chi connectivity index (χ0v) is 15.1. The van der Waals surface area contributed by atoms with Crippen LogP contribution in [0.1, 0.15) is 20.3 Å². The molecule has 1 saturated carbocycles. The highest BCUT2D eigenvalue weighted by atomic mass is 35.5. The molecule has 0 bridgehead atoms. The fourth-order valence-corrected chi connectivity index (χ4v) is 3.77. The van der Waals surface area contributed by atoms with Crippen molar-refractivity contribution in [1.82, 2.24) is 4.90 Å². The smallest absolute Gasteiger partial charge is 0.233 e. The Morgan fingerprint density at radius 2 is 1.83 bits per heavy atom. The van der Waals surface area contributed by atoms with Crippen molar-refractivity contribution in [2.24, 2.45) is 5.41 Å². The number of benzene rings is 1. The van der Waals surface area contributed by atoms with Crippen LogP contribution in [-0.2, 0) is 4.79 Å². The first-order valence-corrected chi connectivity index (χ1v) is 8.88. The Morgan fingerprint density at radius 3 is 2.39 bits per heavy atom. The Labute approximate surface area is 147 Å². The third-order valence-electron chi connectivity index (χ3n) is 5.07. The summed E-state index contributed by atoms with van der Waals surface area (Å²) in [5.74, 6) is -0.109. The summed E-state index contributed by atoms with van der Waals surface area (Å²) in [4.78, 5) is 17.3. The number of halogens is 2. The Kier molecular flexibility index (Phi) is 4.51.